The number of halogens is 1. The van der Waals surface area contributed by atoms with Gasteiger partial charge in [0, 0.05) is 18.6 Å². The van der Waals surface area contributed by atoms with E-state index in [-0.39, 0.29) is 31.0 Å². The van der Waals surface area contributed by atoms with E-state index in [1.54, 1.807) is 12.1 Å². The number of carbonyl (C=O) groups excluding carboxylic acids is 1. The Labute approximate surface area is 154 Å². The summed E-state index contributed by atoms with van der Waals surface area (Å²) in [4.78, 5) is 20.3. The number of alkyl halides is 1. The monoisotopic (exact) mass is 357 g/mol. The van der Waals surface area contributed by atoms with Crippen molar-refractivity contribution in [1.82, 2.24) is 15.5 Å². The molecule has 1 aromatic carbocycles. The van der Waals surface area contributed by atoms with Crippen LogP contribution in [0.25, 0.3) is 9.69 Å². The van der Waals surface area contributed by atoms with Crippen molar-refractivity contribution in [3.63, 3.8) is 0 Å². The number of likely N-dealkylation sites (tertiary alicyclic amines) is 1. The minimum atomic E-state index is -1.11. The number of nitrogens with one attached hydrogen (secondary N) is 2. The number of nitrogens with zero attached hydrogens (tertiary/aromatic N) is 3. The lowest BCUT2D eigenvalue weighted by Crippen LogP contribution is -2.51. The second-order valence-electron chi connectivity index (χ2n) is 7.11. The lowest BCUT2D eigenvalue weighted by molar-refractivity contribution is -0.130. The molecule has 138 valence electrons. The Bertz CT molecular complexity index is 704. The smallest absolute Gasteiger partial charge is 0.303 e. The third-order valence-corrected chi connectivity index (χ3v) is 4.37. The first-order chi connectivity index (χ1) is 12.3. The van der Waals surface area contributed by atoms with Gasteiger partial charge < -0.3 is 10.6 Å². The van der Waals surface area contributed by atoms with E-state index in [0.717, 1.165) is 5.56 Å². The summed E-state index contributed by atoms with van der Waals surface area (Å²) in [6.45, 7) is 19.4. The number of carbonyl (C=O) groups is 1. The molecule has 7 heteroatoms. The van der Waals surface area contributed by atoms with E-state index in [4.69, 9.17) is 13.1 Å². The molecule has 0 aliphatic carbocycles. The maximum absolute atomic E-state index is 13.4. The SMILES string of the molecule is [C-]#[N+]c1ccc(CNCC(C)(C)NCC(=O)N2C[C@@H](F)C[C@H]2[N+]#[C-])cc1. The van der Waals surface area contributed by atoms with Crippen LogP contribution in [0.3, 0.4) is 0 Å². The van der Waals surface area contributed by atoms with E-state index < -0.39 is 12.3 Å². The molecule has 2 rings (SSSR count). The number of rotatable bonds is 7. The van der Waals surface area contributed by atoms with Crippen molar-refractivity contribution in [2.75, 3.05) is 19.6 Å². The van der Waals surface area contributed by atoms with Gasteiger partial charge in [-0.1, -0.05) is 24.3 Å². The minimum absolute atomic E-state index is 0.00679. The second kappa shape index (κ2) is 8.75. The summed E-state index contributed by atoms with van der Waals surface area (Å²) in [5, 5.41) is 6.51. The zero-order valence-corrected chi connectivity index (χ0v) is 15.1. The molecule has 2 atom stereocenters. The topological polar surface area (TPSA) is 53.1 Å². The van der Waals surface area contributed by atoms with Gasteiger partial charge in [0.05, 0.1) is 26.1 Å². The molecule has 2 N–H and O–H groups in total. The molecule has 1 aliphatic rings. The molecule has 0 radical (unpaired) electrons. The average Bonchev–Trinajstić information content (AvgIpc) is 3.01. The quantitative estimate of drug-likeness (QED) is 0.738. The summed E-state index contributed by atoms with van der Waals surface area (Å²) < 4.78 is 13.4. The van der Waals surface area contributed by atoms with Gasteiger partial charge in [-0.3, -0.25) is 14.5 Å². The van der Waals surface area contributed by atoms with Crippen molar-refractivity contribution >= 4 is 11.6 Å². The summed E-state index contributed by atoms with van der Waals surface area (Å²) in [6, 6.07) is 7.40. The molecule has 0 bridgehead atoms. The van der Waals surface area contributed by atoms with Gasteiger partial charge in [0.2, 0.25) is 5.91 Å². The normalized spacial score (nSPS) is 19.8. The van der Waals surface area contributed by atoms with Gasteiger partial charge in [-0.2, -0.15) is 0 Å². The highest BCUT2D eigenvalue weighted by molar-refractivity contribution is 5.79. The van der Waals surface area contributed by atoms with Gasteiger partial charge in [-0.25, -0.2) is 15.8 Å². The van der Waals surface area contributed by atoms with E-state index >= 15 is 0 Å². The average molecular weight is 357 g/mol. The van der Waals surface area contributed by atoms with Crippen molar-refractivity contribution in [2.45, 2.75) is 44.7 Å². The maximum atomic E-state index is 13.4. The molecule has 0 unspecified atom stereocenters. The van der Waals surface area contributed by atoms with E-state index in [2.05, 4.69) is 20.3 Å². The standard InChI is InChI=1S/C19H24FN5O/c1-19(2,13-23-10-14-5-7-16(21-3)8-6-14)24-11-18(26)25-12-15(20)9-17(25)22-4/h5-8,15,17,23-24H,9-13H2,1-2H3/t15-,17-/m0/s1. The molecule has 1 aliphatic heterocycles. The van der Waals surface area contributed by atoms with Gasteiger partial charge in [0.1, 0.15) is 6.17 Å². The maximum Gasteiger partial charge on any atom is 0.303 e. The first-order valence-corrected chi connectivity index (χ1v) is 8.57. The Kier molecular flexibility index (Phi) is 6.68. The Morgan fingerprint density at radius 2 is 2.04 bits per heavy atom. The number of hydrogen-bond acceptors (Lipinski definition) is 3. The Balaban J connectivity index is 1.76. The van der Waals surface area contributed by atoms with Gasteiger partial charge in [0.25, 0.3) is 0 Å². The van der Waals surface area contributed by atoms with Crippen molar-refractivity contribution in [2.24, 2.45) is 0 Å². The molecule has 1 fully saturated rings. The summed E-state index contributed by atoms with van der Waals surface area (Å²) in [7, 11) is 0. The van der Waals surface area contributed by atoms with Crippen molar-refractivity contribution < 1.29 is 9.18 Å². The van der Waals surface area contributed by atoms with Crippen molar-refractivity contribution in [3.8, 4) is 0 Å². The van der Waals surface area contributed by atoms with E-state index in [1.807, 2.05) is 26.0 Å². The summed E-state index contributed by atoms with van der Waals surface area (Å²) in [5.41, 5.74) is 1.36. The molecular formula is C19H24FN5O. The minimum Gasteiger partial charge on any atom is -0.311 e. The third kappa shape index (κ3) is 5.52. The molecule has 6 nitrogen and oxygen atoms in total. The third-order valence-electron chi connectivity index (χ3n) is 4.37. The van der Waals surface area contributed by atoms with Crippen LogP contribution in [0.1, 0.15) is 25.8 Å². The van der Waals surface area contributed by atoms with Crippen molar-refractivity contribution in [3.05, 3.63) is 52.7 Å². The molecule has 0 spiro atoms. The number of benzene rings is 1. The van der Waals surface area contributed by atoms with Crippen LogP contribution in [0.2, 0.25) is 0 Å². The van der Waals surface area contributed by atoms with Gasteiger partial charge in [-0.15, -0.1) is 0 Å². The molecule has 1 saturated heterocycles. The largest absolute Gasteiger partial charge is 0.311 e. The molecule has 26 heavy (non-hydrogen) atoms. The molecular weight excluding hydrogens is 333 g/mol. The molecule has 0 saturated carbocycles. The predicted molar refractivity (Wildman–Crippen MR) is 98.1 cm³/mol. The number of amides is 1. The van der Waals surface area contributed by atoms with Crippen LogP contribution < -0.4 is 10.6 Å². The van der Waals surface area contributed by atoms with E-state index in [1.165, 1.54) is 4.90 Å². The van der Waals surface area contributed by atoms with Crippen molar-refractivity contribution in [1.29, 1.82) is 0 Å². The Morgan fingerprint density at radius 1 is 1.35 bits per heavy atom. The molecule has 1 heterocycles. The summed E-state index contributed by atoms with van der Waals surface area (Å²) >= 11 is 0. The zero-order chi connectivity index (χ0) is 19.2. The van der Waals surface area contributed by atoms with Crippen LogP contribution in [-0.2, 0) is 11.3 Å². The summed E-state index contributed by atoms with van der Waals surface area (Å²) in [6.07, 6.45) is -1.69. The van der Waals surface area contributed by atoms with Crippen LogP contribution in [0.5, 0.6) is 0 Å². The first kappa shape index (κ1) is 19.8. The molecule has 0 aromatic heterocycles. The lowest BCUT2D eigenvalue weighted by Gasteiger charge is -2.28. The Hall–Kier alpha value is -2.48. The highest BCUT2D eigenvalue weighted by Crippen LogP contribution is 2.21. The predicted octanol–water partition coefficient (Wildman–Crippen LogP) is 2.51. The summed E-state index contributed by atoms with van der Waals surface area (Å²) in [5.74, 6) is -0.242. The van der Waals surface area contributed by atoms with Crippen LogP contribution in [0.15, 0.2) is 24.3 Å². The fourth-order valence-electron chi connectivity index (χ4n) is 2.84. The Morgan fingerprint density at radius 3 is 2.65 bits per heavy atom. The van der Waals surface area contributed by atoms with Crippen LogP contribution >= 0.6 is 0 Å². The van der Waals surface area contributed by atoms with Crippen LogP contribution in [-0.4, -0.2) is 48.3 Å². The lowest BCUT2D eigenvalue weighted by atomic mass is 10.1. The fourth-order valence-corrected chi connectivity index (χ4v) is 2.84. The second-order valence-corrected chi connectivity index (χ2v) is 7.11. The van der Waals surface area contributed by atoms with Gasteiger partial charge >= 0.3 is 6.17 Å². The molecule has 1 aromatic rings. The van der Waals surface area contributed by atoms with Crippen LogP contribution in [0.4, 0.5) is 10.1 Å². The highest BCUT2D eigenvalue weighted by atomic mass is 19.1. The van der Waals surface area contributed by atoms with Gasteiger partial charge in [0.15, 0.2) is 5.69 Å². The number of hydrogen-bond donors (Lipinski definition) is 2. The fraction of sp³-hybridized carbons (Fsp3) is 0.526. The van der Waals surface area contributed by atoms with E-state index in [0.29, 0.717) is 18.8 Å². The van der Waals surface area contributed by atoms with Gasteiger partial charge in [-0.05, 0) is 19.4 Å². The van der Waals surface area contributed by atoms with E-state index in [9.17, 15) is 9.18 Å². The molecule has 1 amide bonds. The highest BCUT2D eigenvalue weighted by Gasteiger charge is 2.39. The first-order valence-electron chi connectivity index (χ1n) is 8.57. The zero-order valence-electron chi connectivity index (χ0n) is 15.1. The van der Waals surface area contributed by atoms with Crippen LogP contribution in [0, 0.1) is 13.1 Å².